The lowest BCUT2D eigenvalue weighted by Gasteiger charge is -2.24. The summed E-state index contributed by atoms with van der Waals surface area (Å²) in [5.74, 6) is 1.93. The molecule has 1 aliphatic heterocycles. The Balaban J connectivity index is 1.46. The van der Waals surface area contributed by atoms with Gasteiger partial charge in [0.1, 0.15) is 35.7 Å². The van der Waals surface area contributed by atoms with Gasteiger partial charge in [-0.1, -0.05) is 0 Å². The Morgan fingerprint density at radius 3 is 2.85 bits per heavy atom. The number of phenols is 1. The van der Waals surface area contributed by atoms with Gasteiger partial charge in [0.15, 0.2) is 0 Å². The van der Waals surface area contributed by atoms with Crippen molar-refractivity contribution in [1.82, 2.24) is 4.90 Å². The number of aromatic hydroxyl groups is 1. The minimum Gasteiger partial charge on any atom is -0.508 e. The normalized spacial score (nSPS) is 17.4. The average Bonchev–Trinajstić information content (AvgIpc) is 3.25. The summed E-state index contributed by atoms with van der Waals surface area (Å²) in [5, 5.41) is 10.8. The summed E-state index contributed by atoms with van der Waals surface area (Å²) in [4.78, 5) is 13.2. The number of benzene rings is 2. The second kappa shape index (κ2) is 7.45. The number of rotatable bonds is 6. The number of hydrogen-bond acceptors (Lipinski definition) is 5. The number of hydrogen-bond donors (Lipinski definition) is 1. The number of phenolic OH excluding ortho intramolecular Hbond substituents is 1. The molecule has 27 heavy (non-hydrogen) atoms. The van der Waals surface area contributed by atoms with Gasteiger partial charge in [0.25, 0.3) is 0 Å². The topological polar surface area (TPSA) is 62.9 Å². The Bertz CT molecular complexity index is 945. The van der Waals surface area contributed by atoms with E-state index in [4.69, 9.17) is 9.15 Å². The van der Waals surface area contributed by atoms with Gasteiger partial charge in [-0.25, -0.2) is 0 Å². The molecule has 0 spiro atoms. The summed E-state index contributed by atoms with van der Waals surface area (Å²) in [7, 11) is 0. The van der Waals surface area contributed by atoms with Crippen LogP contribution in [0.4, 0.5) is 0 Å². The quantitative estimate of drug-likeness (QED) is 0.660. The number of furan rings is 1. The van der Waals surface area contributed by atoms with Gasteiger partial charge in [-0.05, 0) is 68.8 Å². The molecule has 4 rings (SSSR count). The van der Waals surface area contributed by atoms with Crippen LogP contribution in [0.15, 0.2) is 46.9 Å². The predicted octanol–water partition coefficient (Wildman–Crippen LogP) is 4.30. The Morgan fingerprint density at radius 2 is 2.07 bits per heavy atom. The number of aldehydes is 1. The smallest absolute Gasteiger partial charge is 0.150 e. The van der Waals surface area contributed by atoms with E-state index in [1.807, 2.05) is 25.1 Å². The monoisotopic (exact) mass is 365 g/mol. The minimum absolute atomic E-state index is 0.254. The highest BCUT2D eigenvalue weighted by Crippen LogP contribution is 2.31. The zero-order valence-electron chi connectivity index (χ0n) is 15.4. The predicted molar refractivity (Wildman–Crippen MR) is 103 cm³/mol. The molecule has 2 heterocycles. The van der Waals surface area contributed by atoms with Crippen LogP contribution in [0, 0.1) is 6.92 Å². The van der Waals surface area contributed by atoms with E-state index >= 15 is 0 Å². The molecule has 0 unspecified atom stereocenters. The van der Waals surface area contributed by atoms with Crippen LogP contribution < -0.4 is 4.74 Å². The van der Waals surface area contributed by atoms with Crippen LogP contribution in [0.25, 0.3) is 11.0 Å². The zero-order valence-corrected chi connectivity index (χ0v) is 15.4. The van der Waals surface area contributed by atoms with E-state index in [0.717, 1.165) is 60.3 Å². The first kappa shape index (κ1) is 17.6. The molecule has 1 atom stereocenters. The zero-order chi connectivity index (χ0) is 18.8. The van der Waals surface area contributed by atoms with E-state index < -0.39 is 0 Å². The average molecular weight is 365 g/mol. The third kappa shape index (κ3) is 3.69. The minimum atomic E-state index is 0.254. The molecule has 5 nitrogen and oxygen atoms in total. The number of nitrogens with zero attached hydrogens (tertiary/aromatic N) is 1. The molecular weight excluding hydrogens is 342 g/mol. The molecular formula is C22H23NO4. The maximum Gasteiger partial charge on any atom is 0.150 e. The molecule has 1 saturated heterocycles. The van der Waals surface area contributed by atoms with Crippen molar-refractivity contribution < 1.29 is 19.1 Å². The van der Waals surface area contributed by atoms with E-state index in [1.165, 1.54) is 0 Å². The molecule has 0 aliphatic carbocycles. The Hall–Kier alpha value is -2.79. The maximum atomic E-state index is 10.8. The summed E-state index contributed by atoms with van der Waals surface area (Å²) in [6.07, 6.45) is 3.06. The van der Waals surface area contributed by atoms with Gasteiger partial charge in [0.2, 0.25) is 0 Å². The van der Waals surface area contributed by atoms with E-state index in [-0.39, 0.29) is 5.75 Å². The summed E-state index contributed by atoms with van der Waals surface area (Å²) < 4.78 is 11.8. The van der Waals surface area contributed by atoms with Crippen molar-refractivity contribution in [3.05, 3.63) is 59.4 Å². The van der Waals surface area contributed by atoms with Crippen molar-refractivity contribution in [2.75, 3.05) is 13.2 Å². The molecule has 2 aromatic carbocycles. The molecule has 1 aliphatic rings. The van der Waals surface area contributed by atoms with Crippen LogP contribution in [-0.2, 0) is 6.54 Å². The van der Waals surface area contributed by atoms with Crippen molar-refractivity contribution in [1.29, 1.82) is 0 Å². The highest BCUT2D eigenvalue weighted by atomic mass is 16.5. The van der Waals surface area contributed by atoms with Crippen LogP contribution in [0.5, 0.6) is 11.5 Å². The van der Waals surface area contributed by atoms with Crippen molar-refractivity contribution in [3.63, 3.8) is 0 Å². The third-order valence-electron chi connectivity index (χ3n) is 5.30. The largest absolute Gasteiger partial charge is 0.508 e. The van der Waals surface area contributed by atoms with E-state index in [2.05, 4.69) is 4.90 Å². The summed E-state index contributed by atoms with van der Waals surface area (Å²) in [6.45, 7) is 4.38. The van der Waals surface area contributed by atoms with Gasteiger partial charge < -0.3 is 14.3 Å². The molecule has 0 amide bonds. The van der Waals surface area contributed by atoms with Crippen LogP contribution in [0.1, 0.15) is 34.5 Å². The first-order valence-corrected chi connectivity index (χ1v) is 9.27. The highest BCUT2D eigenvalue weighted by Gasteiger charge is 2.27. The van der Waals surface area contributed by atoms with E-state index in [9.17, 15) is 9.90 Å². The maximum absolute atomic E-state index is 10.8. The lowest BCUT2D eigenvalue weighted by atomic mass is 10.1. The number of fused-ring (bicyclic) bond motifs is 1. The number of ether oxygens (including phenoxy) is 1. The van der Waals surface area contributed by atoms with Crippen molar-refractivity contribution in [2.45, 2.75) is 32.4 Å². The van der Waals surface area contributed by atoms with Gasteiger partial charge in [0, 0.05) is 29.1 Å². The standard InChI is InChI=1S/C22H23NO4/c1-15-21(20-11-18(25)6-9-22(20)27-15)12-23-10-2-3-17(23)14-26-19-7-4-16(13-24)5-8-19/h4-9,11,13,17,25H,2-3,10,12,14H2,1H3/t17-/m0/s1. The van der Waals surface area contributed by atoms with Crippen LogP contribution >= 0.6 is 0 Å². The second-order valence-corrected chi connectivity index (χ2v) is 7.08. The fourth-order valence-corrected chi connectivity index (χ4v) is 3.79. The Kier molecular flexibility index (Phi) is 4.86. The lowest BCUT2D eigenvalue weighted by molar-refractivity contribution is 0.112. The Morgan fingerprint density at radius 1 is 1.26 bits per heavy atom. The van der Waals surface area contributed by atoms with Crippen LogP contribution in [-0.4, -0.2) is 35.5 Å². The molecule has 3 aromatic rings. The van der Waals surface area contributed by atoms with Crippen LogP contribution in [0.3, 0.4) is 0 Å². The second-order valence-electron chi connectivity index (χ2n) is 7.08. The van der Waals surface area contributed by atoms with Gasteiger partial charge in [0.05, 0.1) is 0 Å². The Labute approximate surface area is 158 Å². The van der Waals surface area contributed by atoms with Crippen LogP contribution in [0.2, 0.25) is 0 Å². The molecule has 140 valence electrons. The van der Waals surface area contributed by atoms with Gasteiger partial charge in [-0.3, -0.25) is 9.69 Å². The highest BCUT2D eigenvalue weighted by molar-refractivity contribution is 5.83. The summed E-state index contributed by atoms with van der Waals surface area (Å²) >= 11 is 0. The molecule has 1 N–H and O–H groups in total. The fraction of sp³-hybridized carbons (Fsp3) is 0.318. The fourth-order valence-electron chi connectivity index (χ4n) is 3.79. The van der Waals surface area contributed by atoms with Gasteiger partial charge in [-0.2, -0.15) is 0 Å². The molecule has 0 saturated carbocycles. The van der Waals surface area contributed by atoms with Gasteiger partial charge in [-0.15, -0.1) is 0 Å². The number of likely N-dealkylation sites (tertiary alicyclic amines) is 1. The van der Waals surface area contributed by atoms with Crippen molar-refractivity contribution in [3.8, 4) is 11.5 Å². The lowest BCUT2D eigenvalue weighted by Crippen LogP contribution is -2.33. The SMILES string of the molecule is Cc1oc2ccc(O)cc2c1CN1CCC[C@H]1COc1ccc(C=O)cc1. The summed E-state index contributed by atoms with van der Waals surface area (Å²) in [6, 6.07) is 12.8. The molecule has 0 radical (unpaired) electrons. The van der Waals surface area contributed by atoms with Crippen molar-refractivity contribution in [2.24, 2.45) is 0 Å². The third-order valence-corrected chi connectivity index (χ3v) is 5.30. The first-order valence-electron chi connectivity index (χ1n) is 9.27. The molecule has 1 aromatic heterocycles. The first-order chi connectivity index (χ1) is 13.1. The number of carbonyl (C=O) groups excluding carboxylic acids is 1. The molecule has 5 heteroatoms. The molecule has 1 fully saturated rings. The van der Waals surface area contributed by atoms with E-state index in [0.29, 0.717) is 18.2 Å². The summed E-state index contributed by atoms with van der Waals surface area (Å²) in [5.41, 5.74) is 2.58. The molecule has 0 bridgehead atoms. The number of carbonyl (C=O) groups is 1. The number of aryl methyl sites for hydroxylation is 1. The van der Waals surface area contributed by atoms with Gasteiger partial charge >= 0.3 is 0 Å². The van der Waals surface area contributed by atoms with E-state index in [1.54, 1.807) is 24.3 Å². The van der Waals surface area contributed by atoms with Crippen molar-refractivity contribution >= 4 is 17.3 Å².